The smallest absolute Gasteiger partial charge is 0.166 e. The summed E-state index contributed by atoms with van der Waals surface area (Å²) in [7, 11) is 0. The molecular formula is C28H26FN9. The number of rotatable bonds is 5. The molecule has 0 aliphatic carbocycles. The Morgan fingerprint density at radius 3 is 2.68 bits per heavy atom. The quantitative estimate of drug-likeness (QED) is 0.257. The van der Waals surface area contributed by atoms with Gasteiger partial charge in [-0.05, 0) is 36.8 Å². The van der Waals surface area contributed by atoms with Crippen LogP contribution in [-0.2, 0) is 0 Å². The Bertz CT molecular complexity index is 1830. The second-order valence-corrected chi connectivity index (χ2v) is 10.3. The average molecular weight is 508 g/mol. The molecule has 0 fully saturated rings. The molecule has 0 amide bonds. The SMILES string of the molecule is C=C(Nc1cncc(-c2cc(F)c3n[nH]c(-c4nc5c(-n6cnc(C)c6)nccc5[nH]4)c3c2)c1)C(C)(C)C. The normalized spacial score (nSPS) is 11.9. The number of benzene rings is 1. The van der Waals surface area contributed by atoms with Crippen LogP contribution in [0.4, 0.5) is 10.1 Å². The number of nitrogens with zero attached hydrogens (tertiary/aromatic N) is 6. The Morgan fingerprint density at radius 1 is 1.08 bits per heavy atom. The third-order valence-electron chi connectivity index (χ3n) is 6.46. The molecule has 0 unspecified atom stereocenters. The number of H-pyrrole nitrogens is 2. The number of nitrogens with one attached hydrogen (secondary N) is 3. The Kier molecular flexibility index (Phi) is 5.34. The van der Waals surface area contributed by atoms with Crippen LogP contribution in [0.25, 0.3) is 50.4 Å². The van der Waals surface area contributed by atoms with Gasteiger partial charge in [-0.3, -0.25) is 14.6 Å². The molecule has 9 nitrogen and oxygen atoms in total. The second-order valence-electron chi connectivity index (χ2n) is 10.3. The molecule has 38 heavy (non-hydrogen) atoms. The van der Waals surface area contributed by atoms with Crippen molar-refractivity contribution in [2.24, 2.45) is 5.41 Å². The number of aromatic nitrogens is 8. The molecule has 10 heteroatoms. The molecule has 0 saturated carbocycles. The number of fused-ring (bicyclic) bond motifs is 2. The van der Waals surface area contributed by atoms with E-state index in [9.17, 15) is 0 Å². The monoisotopic (exact) mass is 507 g/mol. The lowest BCUT2D eigenvalue weighted by Crippen LogP contribution is -2.15. The van der Waals surface area contributed by atoms with Crippen LogP contribution in [0.1, 0.15) is 26.5 Å². The first-order valence-electron chi connectivity index (χ1n) is 12.1. The van der Waals surface area contributed by atoms with Gasteiger partial charge in [-0.15, -0.1) is 0 Å². The highest BCUT2D eigenvalue weighted by atomic mass is 19.1. The van der Waals surface area contributed by atoms with Crippen LogP contribution in [0.2, 0.25) is 0 Å². The van der Waals surface area contributed by atoms with Gasteiger partial charge in [0, 0.05) is 40.7 Å². The number of aryl methyl sites for hydroxylation is 1. The highest BCUT2D eigenvalue weighted by Gasteiger charge is 2.19. The Balaban J connectivity index is 1.43. The van der Waals surface area contributed by atoms with Crippen LogP contribution in [0.5, 0.6) is 0 Å². The van der Waals surface area contributed by atoms with E-state index in [0.717, 1.165) is 28.2 Å². The maximum Gasteiger partial charge on any atom is 0.166 e. The standard InChI is InChI=1S/C28H26FN9/c1-15-13-38(14-32-15)27-25-22(6-7-31-27)34-26(35-25)24-20-9-17(10-21(29)23(20)36-37-24)18-8-19(12-30-11-18)33-16(2)28(3,4)5/h6-14,33H,2H2,1,3-5H3,(H,34,35)(H,36,37). The highest BCUT2D eigenvalue weighted by Crippen LogP contribution is 2.34. The predicted octanol–water partition coefficient (Wildman–Crippen LogP) is 6.17. The molecule has 0 saturated heterocycles. The molecule has 0 bridgehead atoms. The zero-order chi connectivity index (χ0) is 26.6. The van der Waals surface area contributed by atoms with E-state index in [1.165, 1.54) is 6.07 Å². The second kappa shape index (κ2) is 8.62. The summed E-state index contributed by atoms with van der Waals surface area (Å²) in [6.45, 7) is 12.3. The first kappa shape index (κ1) is 23.5. The van der Waals surface area contributed by atoms with Gasteiger partial charge in [0.2, 0.25) is 0 Å². The molecule has 0 aliphatic heterocycles. The molecule has 5 heterocycles. The fourth-order valence-corrected chi connectivity index (χ4v) is 4.22. The summed E-state index contributed by atoms with van der Waals surface area (Å²) >= 11 is 0. The molecule has 0 radical (unpaired) electrons. The number of allylic oxidation sites excluding steroid dienone is 1. The van der Waals surface area contributed by atoms with Crippen molar-refractivity contribution < 1.29 is 4.39 Å². The number of imidazole rings is 2. The van der Waals surface area contributed by atoms with Gasteiger partial charge in [-0.25, -0.2) is 19.3 Å². The third-order valence-corrected chi connectivity index (χ3v) is 6.46. The summed E-state index contributed by atoms with van der Waals surface area (Å²) < 4.78 is 17.1. The van der Waals surface area contributed by atoms with Crippen LogP contribution in [0.15, 0.2) is 67.7 Å². The van der Waals surface area contributed by atoms with Crippen LogP contribution in [-0.4, -0.2) is 39.7 Å². The predicted molar refractivity (Wildman–Crippen MR) is 146 cm³/mol. The molecule has 0 spiro atoms. The molecule has 0 aliphatic rings. The average Bonchev–Trinajstić information content (AvgIpc) is 3.61. The van der Waals surface area contributed by atoms with E-state index in [0.29, 0.717) is 33.8 Å². The van der Waals surface area contributed by atoms with Gasteiger partial charge in [0.25, 0.3) is 0 Å². The first-order valence-corrected chi connectivity index (χ1v) is 12.1. The van der Waals surface area contributed by atoms with Crippen molar-refractivity contribution >= 4 is 27.6 Å². The molecule has 5 aromatic heterocycles. The summed E-state index contributed by atoms with van der Waals surface area (Å²) in [5.41, 5.74) is 6.09. The molecule has 6 aromatic rings. The van der Waals surface area contributed by atoms with Gasteiger partial charge in [0.1, 0.15) is 23.1 Å². The maximum atomic E-state index is 15.2. The van der Waals surface area contributed by atoms with Gasteiger partial charge >= 0.3 is 0 Å². The van der Waals surface area contributed by atoms with E-state index >= 15 is 4.39 Å². The van der Waals surface area contributed by atoms with Crippen molar-refractivity contribution in [2.75, 3.05) is 5.32 Å². The maximum absolute atomic E-state index is 15.2. The van der Waals surface area contributed by atoms with Crippen molar-refractivity contribution in [3.05, 3.63) is 79.2 Å². The van der Waals surface area contributed by atoms with Crippen molar-refractivity contribution in [2.45, 2.75) is 27.7 Å². The number of pyridine rings is 2. The van der Waals surface area contributed by atoms with E-state index in [4.69, 9.17) is 4.98 Å². The topological polar surface area (TPSA) is 113 Å². The zero-order valence-corrected chi connectivity index (χ0v) is 21.5. The van der Waals surface area contributed by atoms with Gasteiger partial charge in [0.05, 0.1) is 23.1 Å². The number of hydrogen-bond donors (Lipinski definition) is 3. The fraction of sp³-hybridized carbons (Fsp3) is 0.179. The van der Waals surface area contributed by atoms with E-state index in [1.54, 1.807) is 24.9 Å². The number of anilines is 1. The van der Waals surface area contributed by atoms with Crippen LogP contribution in [0.3, 0.4) is 0 Å². The summed E-state index contributed by atoms with van der Waals surface area (Å²) in [6.07, 6.45) is 8.72. The number of aromatic amines is 2. The Labute approximate surface area is 217 Å². The largest absolute Gasteiger partial charge is 0.358 e. The molecule has 0 atom stereocenters. The summed E-state index contributed by atoms with van der Waals surface area (Å²) in [6, 6.07) is 7.13. The van der Waals surface area contributed by atoms with E-state index < -0.39 is 5.82 Å². The molecule has 1 aromatic carbocycles. The van der Waals surface area contributed by atoms with E-state index in [-0.39, 0.29) is 10.9 Å². The van der Waals surface area contributed by atoms with Gasteiger partial charge in [0.15, 0.2) is 17.5 Å². The molecule has 190 valence electrons. The lowest BCUT2D eigenvalue weighted by Gasteiger charge is -2.23. The minimum absolute atomic E-state index is 0.120. The van der Waals surface area contributed by atoms with Crippen LogP contribution in [0, 0.1) is 18.2 Å². The zero-order valence-electron chi connectivity index (χ0n) is 21.5. The lowest BCUT2D eigenvalue weighted by atomic mass is 9.93. The molecule has 6 rings (SSSR count). The van der Waals surface area contributed by atoms with Crippen molar-refractivity contribution in [1.82, 2.24) is 39.7 Å². The van der Waals surface area contributed by atoms with Crippen LogP contribution >= 0.6 is 0 Å². The number of halogens is 1. The minimum atomic E-state index is -0.440. The highest BCUT2D eigenvalue weighted by molar-refractivity contribution is 5.96. The molecular weight excluding hydrogens is 481 g/mol. The minimum Gasteiger partial charge on any atom is -0.358 e. The summed E-state index contributed by atoms with van der Waals surface area (Å²) in [4.78, 5) is 21.3. The fourth-order valence-electron chi connectivity index (χ4n) is 4.22. The van der Waals surface area contributed by atoms with Gasteiger partial charge in [-0.2, -0.15) is 5.10 Å². The Morgan fingerprint density at radius 2 is 1.92 bits per heavy atom. The third kappa shape index (κ3) is 4.09. The van der Waals surface area contributed by atoms with Crippen molar-refractivity contribution in [1.29, 1.82) is 0 Å². The van der Waals surface area contributed by atoms with Crippen molar-refractivity contribution in [3.8, 4) is 28.5 Å². The summed E-state index contributed by atoms with van der Waals surface area (Å²) in [5.74, 6) is 0.735. The summed E-state index contributed by atoms with van der Waals surface area (Å²) in [5, 5.41) is 11.1. The van der Waals surface area contributed by atoms with E-state index in [1.807, 2.05) is 35.9 Å². The van der Waals surface area contributed by atoms with Crippen molar-refractivity contribution in [3.63, 3.8) is 0 Å². The molecule has 3 N–H and O–H groups in total. The number of hydrogen-bond acceptors (Lipinski definition) is 6. The van der Waals surface area contributed by atoms with Crippen LogP contribution < -0.4 is 5.32 Å². The lowest BCUT2D eigenvalue weighted by molar-refractivity contribution is 0.509. The first-order chi connectivity index (χ1) is 18.2. The van der Waals surface area contributed by atoms with Gasteiger partial charge < -0.3 is 10.3 Å². The van der Waals surface area contributed by atoms with Gasteiger partial charge in [-0.1, -0.05) is 27.4 Å². The Hall–Kier alpha value is -4.86. The van der Waals surface area contributed by atoms with E-state index in [2.05, 4.69) is 62.8 Å².